The number of aryl methyl sites for hydroxylation is 2. The number of rotatable bonds is 2. The van der Waals surface area contributed by atoms with Crippen LogP contribution >= 0.6 is 0 Å². The van der Waals surface area contributed by atoms with Crippen LogP contribution in [0.15, 0.2) is 0 Å². The number of amides is 1. The Morgan fingerprint density at radius 3 is 2.85 bits per heavy atom. The number of nitrogens with one attached hydrogen (secondary N) is 2. The molecule has 68 valence electrons. The van der Waals surface area contributed by atoms with Gasteiger partial charge in [-0.15, -0.1) is 6.42 Å². The minimum atomic E-state index is -0.185. The molecular weight excluding hydrogens is 166 g/mol. The number of nitrogens with zero attached hydrogens (tertiary/aromatic N) is 1. The highest BCUT2D eigenvalue weighted by molar-refractivity contribution is 5.93. The first-order valence-electron chi connectivity index (χ1n) is 3.90. The van der Waals surface area contributed by atoms with Crippen molar-refractivity contribution in [3.8, 4) is 12.3 Å². The van der Waals surface area contributed by atoms with Gasteiger partial charge in [0.05, 0.1) is 23.5 Å². The smallest absolute Gasteiger partial charge is 0.236 e. The monoisotopic (exact) mass is 177 g/mol. The largest absolute Gasteiger partial charge is 0.322 e. The van der Waals surface area contributed by atoms with Gasteiger partial charge in [-0.25, -0.2) is 0 Å². The first-order valence-corrected chi connectivity index (χ1v) is 3.90. The van der Waals surface area contributed by atoms with Crippen molar-refractivity contribution in [2.24, 2.45) is 0 Å². The van der Waals surface area contributed by atoms with Gasteiger partial charge < -0.3 is 5.32 Å². The van der Waals surface area contributed by atoms with Gasteiger partial charge in [-0.2, -0.15) is 5.10 Å². The first-order chi connectivity index (χ1) is 6.15. The molecule has 2 N–H and O–H groups in total. The van der Waals surface area contributed by atoms with E-state index in [1.165, 1.54) is 0 Å². The molecule has 0 aromatic carbocycles. The van der Waals surface area contributed by atoms with Crippen LogP contribution in [0.25, 0.3) is 0 Å². The summed E-state index contributed by atoms with van der Waals surface area (Å²) in [4.78, 5) is 11.1. The molecule has 4 nitrogen and oxygen atoms in total. The fourth-order valence-electron chi connectivity index (χ4n) is 1.01. The van der Waals surface area contributed by atoms with Crippen LogP contribution in [-0.4, -0.2) is 16.1 Å². The Hall–Kier alpha value is -1.76. The highest BCUT2D eigenvalue weighted by Gasteiger charge is 2.08. The van der Waals surface area contributed by atoms with Gasteiger partial charge in [0, 0.05) is 0 Å². The summed E-state index contributed by atoms with van der Waals surface area (Å²) in [5, 5.41) is 9.39. The lowest BCUT2D eigenvalue weighted by Gasteiger charge is -2.01. The van der Waals surface area contributed by atoms with E-state index in [4.69, 9.17) is 6.42 Å². The maximum Gasteiger partial charge on any atom is 0.236 e. The van der Waals surface area contributed by atoms with Crippen molar-refractivity contribution >= 4 is 11.6 Å². The molecule has 0 saturated carbocycles. The van der Waals surface area contributed by atoms with Crippen LogP contribution in [-0.2, 0) is 4.79 Å². The molecule has 1 aromatic heterocycles. The summed E-state index contributed by atoms with van der Waals surface area (Å²) in [6, 6.07) is 0. The molecule has 0 aliphatic heterocycles. The Morgan fingerprint density at radius 2 is 2.38 bits per heavy atom. The molecule has 1 heterocycles. The number of terminal acetylenes is 1. The van der Waals surface area contributed by atoms with Gasteiger partial charge in [0.15, 0.2) is 0 Å². The van der Waals surface area contributed by atoms with Gasteiger partial charge in [-0.05, 0) is 13.8 Å². The van der Waals surface area contributed by atoms with Crippen molar-refractivity contribution in [1.29, 1.82) is 0 Å². The average molecular weight is 177 g/mol. The molecule has 1 aromatic rings. The fraction of sp³-hybridized carbons (Fsp3) is 0.333. The third-order valence-corrected chi connectivity index (χ3v) is 1.66. The fourth-order valence-corrected chi connectivity index (χ4v) is 1.01. The van der Waals surface area contributed by atoms with Crippen molar-refractivity contribution in [3.05, 3.63) is 11.4 Å². The summed E-state index contributed by atoms with van der Waals surface area (Å²) >= 11 is 0. The molecular formula is C9H11N3O. The van der Waals surface area contributed by atoms with Crippen molar-refractivity contribution in [2.45, 2.75) is 20.3 Å². The molecule has 0 atom stereocenters. The average Bonchev–Trinajstić information content (AvgIpc) is 2.36. The highest BCUT2D eigenvalue weighted by atomic mass is 16.1. The molecule has 0 fully saturated rings. The van der Waals surface area contributed by atoms with Crippen LogP contribution in [0.3, 0.4) is 0 Å². The van der Waals surface area contributed by atoms with Crippen molar-refractivity contribution < 1.29 is 4.79 Å². The van der Waals surface area contributed by atoms with E-state index >= 15 is 0 Å². The Balaban J connectivity index is 2.75. The number of anilines is 1. The minimum absolute atomic E-state index is 0.0874. The predicted octanol–water partition coefficient (Wildman–Crippen LogP) is 0.988. The summed E-state index contributed by atoms with van der Waals surface area (Å²) in [6.45, 7) is 3.65. The van der Waals surface area contributed by atoms with Gasteiger partial charge in [-0.3, -0.25) is 9.89 Å². The Bertz CT molecular complexity index is 340. The van der Waals surface area contributed by atoms with Gasteiger partial charge >= 0.3 is 0 Å². The van der Waals surface area contributed by atoms with E-state index in [0.29, 0.717) is 0 Å². The Kier molecular flexibility index (Phi) is 2.70. The van der Waals surface area contributed by atoms with Gasteiger partial charge in [0.2, 0.25) is 5.91 Å². The highest BCUT2D eigenvalue weighted by Crippen LogP contribution is 2.15. The zero-order valence-corrected chi connectivity index (χ0v) is 7.64. The zero-order chi connectivity index (χ0) is 9.84. The van der Waals surface area contributed by atoms with Crippen molar-refractivity contribution in [1.82, 2.24) is 10.2 Å². The molecule has 0 aliphatic rings. The van der Waals surface area contributed by atoms with E-state index in [9.17, 15) is 4.79 Å². The number of hydrogen-bond acceptors (Lipinski definition) is 2. The second kappa shape index (κ2) is 3.76. The topological polar surface area (TPSA) is 57.8 Å². The number of aromatic nitrogens is 2. The summed E-state index contributed by atoms with van der Waals surface area (Å²) < 4.78 is 0. The lowest BCUT2D eigenvalue weighted by Crippen LogP contribution is -2.11. The lowest BCUT2D eigenvalue weighted by atomic mass is 10.3. The second-order valence-corrected chi connectivity index (χ2v) is 2.74. The minimum Gasteiger partial charge on any atom is -0.322 e. The summed E-state index contributed by atoms with van der Waals surface area (Å²) in [5.41, 5.74) is 2.32. The zero-order valence-electron chi connectivity index (χ0n) is 7.64. The summed E-state index contributed by atoms with van der Waals surface area (Å²) in [7, 11) is 0. The molecule has 0 saturated heterocycles. The number of aromatic amines is 1. The van der Waals surface area contributed by atoms with E-state index in [1.54, 1.807) is 0 Å². The predicted molar refractivity (Wildman–Crippen MR) is 50.1 cm³/mol. The lowest BCUT2D eigenvalue weighted by molar-refractivity contribution is -0.115. The quantitative estimate of drug-likeness (QED) is 0.662. The Labute approximate surface area is 76.7 Å². The molecule has 1 rings (SSSR count). The maximum atomic E-state index is 11.1. The normalized spacial score (nSPS) is 9.31. The molecule has 0 unspecified atom stereocenters. The van der Waals surface area contributed by atoms with E-state index in [2.05, 4.69) is 21.4 Å². The summed E-state index contributed by atoms with van der Waals surface area (Å²) in [6.07, 6.45) is 5.09. The number of carbonyl (C=O) groups excluding carboxylic acids is 1. The second-order valence-electron chi connectivity index (χ2n) is 2.74. The molecule has 13 heavy (non-hydrogen) atoms. The molecule has 0 radical (unpaired) electrons. The molecule has 0 bridgehead atoms. The van der Waals surface area contributed by atoms with Crippen LogP contribution in [0.1, 0.15) is 17.8 Å². The molecule has 0 spiro atoms. The molecule has 1 amide bonds. The van der Waals surface area contributed by atoms with E-state index in [1.807, 2.05) is 13.8 Å². The molecule has 0 aliphatic carbocycles. The number of carbonyl (C=O) groups is 1. The van der Waals surface area contributed by atoms with E-state index < -0.39 is 0 Å². The van der Waals surface area contributed by atoms with E-state index in [0.717, 1.165) is 17.1 Å². The van der Waals surface area contributed by atoms with Gasteiger partial charge in [0.25, 0.3) is 0 Å². The number of H-pyrrole nitrogens is 1. The third kappa shape index (κ3) is 2.09. The summed E-state index contributed by atoms with van der Waals surface area (Å²) in [5.74, 6) is 2.09. The number of hydrogen-bond donors (Lipinski definition) is 2. The Morgan fingerprint density at radius 1 is 1.69 bits per heavy atom. The third-order valence-electron chi connectivity index (χ3n) is 1.66. The van der Waals surface area contributed by atoms with Crippen LogP contribution in [0, 0.1) is 26.2 Å². The van der Waals surface area contributed by atoms with Crippen LogP contribution in [0.2, 0.25) is 0 Å². The maximum absolute atomic E-state index is 11.1. The van der Waals surface area contributed by atoms with Crippen molar-refractivity contribution in [3.63, 3.8) is 0 Å². The van der Waals surface area contributed by atoms with Gasteiger partial charge in [-0.1, -0.05) is 5.92 Å². The van der Waals surface area contributed by atoms with E-state index in [-0.39, 0.29) is 12.3 Å². The van der Waals surface area contributed by atoms with Gasteiger partial charge in [0.1, 0.15) is 0 Å². The SMILES string of the molecule is C#CCC(=O)Nc1c(C)n[nH]c1C. The molecule has 4 heteroatoms. The van der Waals surface area contributed by atoms with Crippen molar-refractivity contribution in [2.75, 3.05) is 5.32 Å². The first kappa shape index (κ1) is 9.33. The van der Waals surface area contributed by atoms with Crippen LogP contribution < -0.4 is 5.32 Å². The van der Waals surface area contributed by atoms with Crippen LogP contribution in [0.4, 0.5) is 5.69 Å². The van der Waals surface area contributed by atoms with Crippen LogP contribution in [0.5, 0.6) is 0 Å². The standard InChI is InChI=1S/C9H11N3O/c1-4-5-8(13)10-9-6(2)11-12-7(9)3/h1H,5H2,2-3H3,(H,10,13)(H,11,12).